The summed E-state index contributed by atoms with van der Waals surface area (Å²) < 4.78 is 5.11. The number of carbonyl (C=O) groups excluding carboxylic acids is 1. The number of carbonyl (C=O) groups is 1. The van der Waals surface area contributed by atoms with Crippen molar-refractivity contribution >= 4 is 11.6 Å². The van der Waals surface area contributed by atoms with E-state index in [0.29, 0.717) is 11.6 Å². The fourth-order valence-electron chi connectivity index (χ4n) is 1.74. The van der Waals surface area contributed by atoms with E-state index in [1.54, 1.807) is 18.2 Å². The fraction of sp³-hybridized carbons (Fsp3) is 0.231. The number of benzene rings is 1. The molecule has 0 saturated heterocycles. The van der Waals surface area contributed by atoms with E-state index in [1.807, 2.05) is 0 Å². The highest BCUT2D eigenvalue weighted by Crippen LogP contribution is 2.40. The number of hydrogen-bond donors (Lipinski definition) is 2. The highest BCUT2D eigenvalue weighted by molar-refractivity contribution is 6.02. The number of nitrogens with zero attached hydrogens (tertiary/aromatic N) is 1. The molecule has 18 heavy (non-hydrogen) atoms. The molecule has 0 unspecified atom stereocenters. The van der Waals surface area contributed by atoms with Crippen LogP contribution in [0.5, 0.6) is 5.75 Å². The maximum absolute atomic E-state index is 11.9. The Hall–Kier alpha value is -2.30. The lowest BCUT2D eigenvalue weighted by Crippen LogP contribution is -2.11. The maximum Gasteiger partial charge on any atom is 0.277 e. The minimum atomic E-state index is -0.337. The Bertz CT molecular complexity index is 587. The third-order valence-corrected chi connectivity index (χ3v) is 2.84. The normalized spacial score (nSPS) is 14.4. The summed E-state index contributed by atoms with van der Waals surface area (Å²) in [6, 6.07) is 8.04. The third kappa shape index (κ3) is 2.20. The van der Waals surface area contributed by atoms with Crippen LogP contribution in [0.4, 0.5) is 5.69 Å². The van der Waals surface area contributed by atoms with E-state index in [2.05, 4.69) is 10.5 Å². The lowest BCUT2D eigenvalue weighted by molar-refractivity contribution is 0.101. The van der Waals surface area contributed by atoms with E-state index in [1.165, 1.54) is 12.1 Å². The second kappa shape index (κ2) is 4.18. The molecule has 92 valence electrons. The lowest BCUT2D eigenvalue weighted by atomic mass is 10.2. The Morgan fingerprint density at radius 3 is 2.94 bits per heavy atom. The lowest BCUT2D eigenvalue weighted by Gasteiger charge is -2.02. The van der Waals surface area contributed by atoms with Gasteiger partial charge in [0.1, 0.15) is 11.5 Å². The molecule has 0 radical (unpaired) electrons. The zero-order chi connectivity index (χ0) is 12.5. The summed E-state index contributed by atoms with van der Waals surface area (Å²) >= 11 is 0. The van der Waals surface area contributed by atoms with Gasteiger partial charge < -0.3 is 14.9 Å². The molecule has 1 heterocycles. The number of phenolic OH excluding ortho intramolecular Hbond substituents is 1. The summed E-state index contributed by atoms with van der Waals surface area (Å²) in [5.41, 5.74) is 0.788. The summed E-state index contributed by atoms with van der Waals surface area (Å²) in [5, 5.41) is 15.7. The van der Waals surface area contributed by atoms with Crippen molar-refractivity contribution in [2.45, 2.75) is 18.8 Å². The van der Waals surface area contributed by atoms with Crippen molar-refractivity contribution in [2.75, 3.05) is 5.32 Å². The van der Waals surface area contributed by atoms with Crippen LogP contribution in [0.15, 0.2) is 34.9 Å². The first-order valence-electron chi connectivity index (χ1n) is 5.79. The van der Waals surface area contributed by atoms with Crippen molar-refractivity contribution in [3.8, 4) is 5.75 Å². The van der Waals surface area contributed by atoms with Crippen molar-refractivity contribution in [1.82, 2.24) is 5.16 Å². The Kier molecular flexibility index (Phi) is 2.51. The number of phenols is 1. The van der Waals surface area contributed by atoms with E-state index in [0.717, 1.165) is 18.6 Å². The molecule has 3 rings (SSSR count). The van der Waals surface area contributed by atoms with Crippen LogP contribution in [0.2, 0.25) is 0 Å². The van der Waals surface area contributed by atoms with Crippen LogP contribution < -0.4 is 5.32 Å². The Labute approximate surface area is 103 Å². The van der Waals surface area contributed by atoms with Gasteiger partial charge in [0.2, 0.25) is 0 Å². The van der Waals surface area contributed by atoms with E-state index < -0.39 is 0 Å². The van der Waals surface area contributed by atoms with Gasteiger partial charge in [0.25, 0.3) is 5.91 Å². The molecule has 5 heteroatoms. The first kappa shape index (κ1) is 10.8. The van der Waals surface area contributed by atoms with E-state index in [9.17, 15) is 9.90 Å². The summed E-state index contributed by atoms with van der Waals surface area (Å²) in [5.74, 6) is 0.971. The number of hydrogen-bond acceptors (Lipinski definition) is 4. The third-order valence-electron chi connectivity index (χ3n) is 2.84. The van der Waals surface area contributed by atoms with Gasteiger partial charge in [-0.25, -0.2) is 0 Å². The van der Waals surface area contributed by atoms with Gasteiger partial charge in [-0.3, -0.25) is 4.79 Å². The van der Waals surface area contributed by atoms with Gasteiger partial charge in [0.05, 0.1) is 0 Å². The van der Waals surface area contributed by atoms with Crippen LogP contribution in [-0.2, 0) is 0 Å². The zero-order valence-electron chi connectivity index (χ0n) is 9.59. The molecule has 1 saturated carbocycles. The van der Waals surface area contributed by atoms with Crippen LogP contribution in [0.3, 0.4) is 0 Å². The Balaban J connectivity index is 1.73. The molecule has 1 aromatic carbocycles. The molecule has 1 fully saturated rings. The standard InChI is InChI=1S/C13H12N2O3/c16-10-3-1-2-9(6-10)14-13(17)11-7-12(18-15-11)8-4-5-8/h1-3,6-8,16H,4-5H2,(H,14,17). The van der Waals surface area contributed by atoms with Crippen molar-refractivity contribution < 1.29 is 14.4 Å². The Morgan fingerprint density at radius 2 is 2.22 bits per heavy atom. The number of aromatic hydroxyl groups is 1. The molecular formula is C13H12N2O3. The molecule has 5 nitrogen and oxygen atoms in total. The van der Waals surface area contributed by atoms with Crippen molar-refractivity contribution in [2.24, 2.45) is 0 Å². The van der Waals surface area contributed by atoms with Crippen LogP contribution >= 0.6 is 0 Å². The predicted octanol–water partition coefficient (Wildman–Crippen LogP) is 2.51. The minimum Gasteiger partial charge on any atom is -0.508 e. The molecule has 2 N–H and O–H groups in total. The monoisotopic (exact) mass is 244 g/mol. The number of nitrogens with one attached hydrogen (secondary N) is 1. The smallest absolute Gasteiger partial charge is 0.277 e. The molecule has 0 atom stereocenters. The first-order chi connectivity index (χ1) is 8.72. The zero-order valence-corrected chi connectivity index (χ0v) is 9.59. The second-order valence-corrected chi connectivity index (χ2v) is 4.39. The average molecular weight is 244 g/mol. The number of aromatic nitrogens is 1. The number of amides is 1. The highest BCUT2D eigenvalue weighted by atomic mass is 16.5. The van der Waals surface area contributed by atoms with E-state index in [-0.39, 0.29) is 17.4 Å². The summed E-state index contributed by atoms with van der Waals surface area (Å²) in [6.07, 6.45) is 2.20. The van der Waals surface area contributed by atoms with Gasteiger partial charge in [-0.1, -0.05) is 11.2 Å². The summed E-state index contributed by atoms with van der Waals surface area (Å²) in [6.45, 7) is 0. The fourth-order valence-corrected chi connectivity index (χ4v) is 1.74. The molecule has 1 aromatic heterocycles. The number of rotatable bonds is 3. The molecular weight excluding hydrogens is 232 g/mol. The highest BCUT2D eigenvalue weighted by Gasteiger charge is 2.28. The topological polar surface area (TPSA) is 75.4 Å². The Morgan fingerprint density at radius 1 is 1.39 bits per heavy atom. The van der Waals surface area contributed by atoms with Gasteiger partial charge in [0, 0.05) is 23.7 Å². The molecule has 0 bridgehead atoms. The van der Waals surface area contributed by atoms with Gasteiger partial charge >= 0.3 is 0 Å². The van der Waals surface area contributed by atoms with E-state index in [4.69, 9.17) is 4.52 Å². The van der Waals surface area contributed by atoms with Crippen LogP contribution in [-0.4, -0.2) is 16.2 Å². The maximum atomic E-state index is 11.9. The number of anilines is 1. The molecule has 1 aliphatic carbocycles. The summed E-state index contributed by atoms with van der Waals surface area (Å²) in [4.78, 5) is 11.9. The van der Waals surface area contributed by atoms with Crippen LogP contribution in [0.25, 0.3) is 0 Å². The van der Waals surface area contributed by atoms with Gasteiger partial charge in [0.15, 0.2) is 5.69 Å². The van der Waals surface area contributed by atoms with Crippen molar-refractivity contribution in [3.63, 3.8) is 0 Å². The van der Waals surface area contributed by atoms with Crippen LogP contribution in [0, 0.1) is 0 Å². The second-order valence-electron chi connectivity index (χ2n) is 4.39. The molecule has 1 aliphatic rings. The summed E-state index contributed by atoms with van der Waals surface area (Å²) in [7, 11) is 0. The molecule has 2 aromatic rings. The average Bonchev–Trinajstić information content (AvgIpc) is 3.07. The van der Waals surface area contributed by atoms with Gasteiger partial charge in [-0.05, 0) is 25.0 Å². The predicted molar refractivity (Wildman–Crippen MR) is 64.5 cm³/mol. The van der Waals surface area contributed by atoms with Crippen molar-refractivity contribution in [3.05, 3.63) is 41.8 Å². The van der Waals surface area contributed by atoms with Gasteiger partial charge in [-0.15, -0.1) is 0 Å². The van der Waals surface area contributed by atoms with Gasteiger partial charge in [-0.2, -0.15) is 0 Å². The quantitative estimate of drug-likeness (QED) is 0.869. The molecule has 0 spiro atoms. The minimum absolute atomic E-state index is 0.103. The van der Waals surface area contributed by atoms with Crippen LogP contribution in [0.1, 0.15) is 35.0 Å². The first-order valence-corrected chi connectivity index (χ1v) is 5.79. The van der Waals surface area contributed by atoms with Crippen molar-refractivity contribution in [1.29, 1.82) is 0 Å². The van der Waals surface area contributed by atoms with E-state index >= 15 is 0 Å². The SMILES string of the molecule is O=C(Nc1cccc(O)c1)c1cc(C2CC2)on1. The molecule has 1 amide bonds. The molecule has 0 aliphatic heterocycles. The largest absolute Gasteiger partial charge is 0.508 e.